The van der Waals surface area contributed by atoms with Gasteiger partial charge in [-0.05, 0) is 30.7 Å². The summed E-state index contributed by atoms with van der Waals surface area (Å²) in [6.45, 7) is 2.05. The van der Waals surface area contributed by atoms with Gasteiger partial charge in [0, 0.05) is 23.2 Å². The Morgan fingerprint density at radius 1 is 1.35 bits per heavy atom. The highest BCUT2D eigenvalue weighted by Gasteiger charge is 2.14. The number of aryl methyl sites for hydroxylation is 1. The summed E-state index contributed by atoms with van der Waals surface area (Å²) >= 11 is 6.00. The number of aromatic hydroxyl groups is 1. The predicted molar refractivity (Wildman–Crippen MR) is 78.3 cm³/mol. The number of phenolic OH excluding ortho intramolecular Hbond substituents is 1. The lowest BCUT2D eigenvalue weighted by molar-refractivity contribution is -0.384. The number of nitrogens with zero attached hydrogens (tertiary/aromatic N) is 1. The van der Waals surface area contributed by atoms with Gasteiger partial charge < -0.3 is 10.4 Å². The zero-order chi connectivity index (χ0) is 14.7. The van der Waals surface area contributed by atoms with Crippen molar-refractivity contribution in [2.45, 2.75) is 13.5 Å². The molecule has 2 aromatic carbocycles. The van der Waals surface area contributed by atoms with Crippen LogP contribution >= 0.6 is 11.6 Å². The van der Waals surface area contributed by atoms with Crippen LogP contribution < -0.4 is 5.32 Å². The van der Waals surface area contributed by atoms with E-state index in [2.05, 4.69) is 5.32 Å². The highest BCUT2D eigenvalue weighted by atomic mass is 35.5. The number of rotatable bonds is 4. The standard InChI is InChI=1S/C14H13ClN2O3/c1-9-5-6-13(17(19)20)12(7-9)16-8-10-11(15)3-2-4-14(10)18/h2-7,16,18H,8H2,1H3. The van der Waals surface area contributed by atoms with Crippen LogP contribution in [0.4, 0.5) is 11.4 Å². The van der Waals surface area contributed by atoms with Crippen molar-refractivity contribution in [3.8, 4) is 5.75 Å². The second-order valence-electron chi connectivity index (χ2n) is 4.37. The SMILES string of the molecule is Cc1ccc([N+](=O)[O-])c(NCc2c(O)cccc2Cl)c1. The number of nitrogens with one attached hydrogen (secondary N) is 1. The highest BCUT2D eigenvalue weighted by molar-refractivity contribution is 6.31. The van der Waals surface area contributed by atoms with E-state index in [-0.39, 0.29) is 18.0 Å². The Bertz CT molecular complexity index is 639. The smallest absolute Gasteiger partial charge is 0.292 e. The van der Waals surface area contributed by atoms with E-state index in [9.17, 15) is 15.2 Å². The number of phenols is 1. The van der Waals surface area contributed by atoms with Crippen molar-refractivity contribution in [2.75, 3.05) is 5.32 Å². The average Bonchev–Trinajstić information content (AvgIpc) is 2.37. The van der Waals surface area contributed by atoms with Crippen molar-refractivity contribution in [1.29, 1.82) is 0 Å². The van der Waals surface area contributed by atoms with E-state index in [0.717, 1.165) is 5.56 Å². The third-order valence-corrected chi connectivity index (χ3v) is 3.25. The van der Waals surface area contributed by atoms with Gasteiger partial charge in [0.2, 0.25) is 0 Å². The molecule has 0 heterocycles. The molecule has 0 aliphatic rings. The van der Waals surface area contributed by atoms with Crippen LogP contribution in [0.5, 0.6) is 5.75 Å². The van der Waals surface area contributed by atoms with E-state index in [1.165, 1.54) is 12.1 Å². The normalized spacial score (nSPS) is 10.3. The van der Waals surface area contributed by atoms with Gasteiger partial charge in [0.05, 0.1) is 4.92 Å². The second kappa shape index (κ2) is 5.79. The number of halogens is 1. The molecule has 0 amide bonds. The zero-order valence-electron chi connectivity index (χ0n) is 10.8. The fourth-order valence-corrected chi connectivity index (χ4v) is 2.09. The molecule has 2 aromatic rings. The Hall–Kier alpha value is -2.27. The van der Waals surface area contributed by atoms with E-state index in [0.29, 0.717) is 16.3 Å². The Balaban J connectivity index is 2.27. The largest absolute Gasteiger partial charge is 0.508 e. The van der Waals surface area contributed by atoms with Crippen LogP contribution in [0.1, 0.15) is 11.1 Å². The van der Waals surface area contributed by atoms with Gasteiger partial charge in [-0.2, -0.15) is 0 Å². The van der Waals surface area contributed by atoms with Crippen LogP contribution in [0.2, 0.25) is 5.02 Å². The van der Waals surface area contributed by atoms with E-state index < -0.39 is 4.92 Å². The molecule has 0 radical (unpaired) electrons. The zero-order valence-corrected chi connectivity index (χ0v) is 11.5. The molecule has 2 N–H and O–H groups in total. The lowest BCUT2D eigenvalue weighted by atomic mass is 10.1. The summed E-state index contributed by atoms with van der Waals surface area (Å²) in [5.74, 6) is 0.0558. The van der Waals surface area contributed by atoms with Crippen molar-refractivity contribution in [1.82, 2.24) is 0 Å². The molecule has 2 rings (SSSR count). The topological polar surface area (TPSA) is 75.4 Å². The first-order valence-electron chi connectivity index (χ1n) is 5.94. The minimum Gasteiger partial charge on any atom is -0.508 e. The van der Waals surface area contributed by atoms with Crippen LogP contribution in [0.25, 0.3) is 0 Å². The molecule has 0 saturated heterocycles. The number of hydrogen-bond donors (Lipinski definition) is 2. The van der Waals surface area contributed by atoms with Crippen LogP contribution in [-0.2, 0) is 6.54 Å². The first kappa shape index (κ1) is 14.1. The molecule has 0 saturated carbocycles. The maximum absolute atomic E-state index is 11.0. The lowest BCUT2D eigenvalue weighted by Gasteiger charge is -2.10. The Morgan fingerprint density at radius 3 is 2.75 bits per heavy atom. The molecule has 0 bridgehead atoms. The van der Waals surface area contributed by atoms with Crippen LogP contribution in [0.15, 0.2) is 36.4 Å². The molecule has 0 atom stereocenters. The van der Waals surface area contributed by atoms with E-state index in [4.69, 9.17) is 11.6 Å². The predicted octanol–water partition coefficient (Wildman–Crippen LogP) is 3.87. The molecular weight excluding hydrogens is 280 g/mol. The first-order valence-corrected chi connectivity index (χ1v) is 6.32. The Morgan fingerprint density at radius 2 is 2.10 bits per heavy atom. The minimum absolute atomic E-state index is 0.0119. The summed E-state index contributed by atoms with van der Waals surface area (Å²) in [6, 6.07) is 9.62. The number of anilines is 1. The summed E-state index contributed by atoms with van der Waals surface area (Å²) in [6.07, 6.45) is 0. The summed E-state index contributed by atoms with van der Waals surface area (Å²) < 4.78 is 0. The monoisotopic (exact) mass is 292 g/mol. The maximum atomic E-state index is 11.0. The Labute approximate surface area is 121 Å². The van der Waals surface area contributed by atoms with Crippen molar-refractivity contribution < 1.29 is 10.0 Å². The van der Waals surface area contributed by atoms with Crippen LogP contribution in [-0.4, -0.2) is 10.0 Å². The van der Waals surface area contributed by atoms with Crippen molar-refractivity contribution in [3.63, 3.8) is 0 Å². The molecule has 0 unspecified atom stereocenters. The maximum Gasteiger partial charge on any atom is 0.292 e. The molecule has 0 aliphatic heterocycles. The van der Waals surface area contributed by atoms with Gasteiger partial charge in [-0.1, -0.05) is 23.7 Å². The molecular formula is C14H13ClN2O3. The second-order valence-corrected chi connectivity index (χ2v) is 4.78. The molecule has 104 valence electrons. The van der Waals surface area contributed by atoms with Gasteiger partial charge in [0.25, 0.3) is 5.69 Å². The molecule has 0 fully saturated rings. The van der Waals surface area contributed by atoms with Gasteiger partial charge in [0.1, 0.15) is 11.4 Å². The van der Waals surface area contributed by atoms with E-state index in [1.807, 2.05) is 6.92 Å². The molecule has 20 heavy (non-hydrogen) atoms. The third-order valence-electron chi connectivity index (χ3n) is 2.90. The molecule has 0 spiro atoms. The van der Waals surface area contributed by atoms with Gasteiger partial charge >= 0.3 is 0 Å². The highest BCUT2D eigenvalue weighted by Crippen LogP contribution is 2.29. The third kappa shape index (κ3) is 3.00. The Kier molecular flexibility index (Phi) is 4.10. The molecule has 6 heteroatoms. The number of nitro benzene ring substituents is 1. The minimum atomic E-state index is -0.450. The fourth-order valence-electron chi connectivity index (χ4n) is 1.86. The molecule has 0 aromatic heterocycles. The first-order chi connectivity index (χ1) is 9.49. The van der Waals surface area contributed by atoms with Crippen LogP contribution in [0.3, 0.4) is 0 Å². The summed E-state index contributed by atoms with van der Waals surface area (Å²) in [5, 5.41) is 24.1. The fraction of sp³-hybridized carbons (Fsp3) is 0.143. The quantitative estimate of drug-likeness (QED) is 0.662. The van der Waals surface area contributed by atoms with Crippen molar-refractivity contribution in [2.24, 2.45) is 0 Å². The summed E-state index contributed by atoms with van der Waals surface area (Å²) in [4.78, 5) is 10.5. The van der Waals surface area contributed by atoms with Gasteiger partial charge in [-0.25, -0.2) is 0 Å². The van der Waals surface area contributed by atoms with Gasteiger partial charge in [-0.15, -0.1) is 0 Å². The number of hydrogen-bond acceptors (Lipinski definition) is 4. The molecule has 0 aliphatic carbocycles. The van der Waals surface area contributed by atoms with E-state index in [1.54, 1.807) is 24.3 Å². The summed E-state index contributed by atoms with van der Waals surface area (Å²) in [5.41, 5.74) is 1.79. The van der Waals surface area contributed by atoms with Crippen molar-refractivity contribution in [3.05, 3.63) is 62.7 Å². The lowest BCUT2D eigenvalue weighted by Crippen LogP contribution is -2.03. The number of nitro groups is 1. The van der Waals surface area contributed by atoms with Gasteiger partial charge in [-0.3, -0.25) is 10.1 Å². The van der Waals surface area contributed by atoms with Crippen LogP contribution in [0, 0.1) is 17.0 Å². The van der Waals surface area contributed by atoms with E-state index >= 15 is 0 Å². The molecule has 5 nitrogen and oxygen atoms in total. The van der Waals surface area contributed by atoms with Crippen molar-refractivity contribution >= 4 is 23.0 Å². The van der Waals surface area contributed by atoms with Gasteiger partial charge in [0.15, 0.2) is 0 Å². The average molecular weight is 293 g/mol. The number of benzene rings is 2. The summed E-state index contributed by atoms with van der Waals surface area (Å²) in [7, 11) is 0.